The van der Waals surface area contributed by atoms with Crippen LogP contribution in [0.25, 0.3) is 0 Å². The van der Waals surface area contributed by atoms with E-state index in [1.54, 1.807) is 20.8 Å². The van der Waals surface area contributed by atoms with E-state index >= 15 is 0 Å². The molecule has 7 heteroatoms. The van der Waals surface area contributed by atoms with Crippen molar-refractivity contribution in [1.82, 2.24) is 5.32 Å². The van der Waals surface area contributed by atoms with Crippen LogP contribution >= 0.6 is 0 Å². The van der Waals surface area contributed by atoms with Gasteiger partial charge in [-0.1, -0.05) is 13.8 Å². The van der Waals surface area contributed by atoms with Crippen LogP contribution < -0.4 is 11.1 Å². The summed E-state index contributed by atoms with van der Waals surface area (Å²) in [5.74, 6) is -2.00. The van der Waals surface area contributed by atoms with E-state index in [9.17, 15) is 14.4 Å². The predicted molar refractivity (Wildman–Crippen MR) is 82.1 cm³/mol. The van der Waals surface area contributed by atoms with Gasteiger partial charge in [-0.05, 0) is 39.5 Å². The number of aliphatic carboxylic acids is 1. The second kappa shape index (κ2) is 8.73. The molecule has 1 amide bonds. The average Bonchev–Trinajstić information content (AvgIpc) is 2.30. The van der Waals surface area contributed by atoms with E-state index in [-0.39, 0.29) is 18.8 Å². The number of esters is 1. The van der Waals surface area contributed by atoms with Gasteiger partial charge in [0.25, 0.3) is 0 Å². The Morgan fingerprint density at radius 1 is 1.23 bits per heavy atom. The van der Waals surface area contributed by atoms with Crippen molar-refractivity contribution in [3.63, 3.8) is 0 Å². The highest BCUT2D eigenvalue weighted by molar-refractivity contribution is 5.87. The van der Waals surface area contributed by atoms with Crippen LogP contribution in [0.15, 0.2) is 0 Å². The molecule has 0 aliphatic rings. The molecule has 0 aromatic heterocycles. The Hall–Kier alpha value is -1.63. The van der Waals surface area contributed by atoms with Gasteiger partial charge in [0.05, 0.1) is 6.04 Å². The number of carbonyl (C=O) groups excluding carboxylic acids is 2. The third-order valence-electron chi connectivity index (χ3n) is 2.73. The molecule has 7 nitrogen and oxygen atoms in total. The molecule has 4 N–H and O–H groups in total. The average molecular weight is 316 g/mol. The molecule has 0 aromatic rings. The van der Waals surface area contributed by atoms with Crippen LogP contribution in [0.2, 0.25) is 0 Å². The number of carbonyl (C=O) groups is 3. The summed E-state index contributed by atoms with van der Waals surface area (Å²) in [6.07, 6.45) is 0.336. The zero-order chi connectivity index (χ0) is 17.5. The van der Waals surface area contributed by atoms with Crippen molar-refractivity contribution in [3.05, 3.63) is 0 Å². The Labute approximate surface area is 131 Å². The molecular weight excluding hydrogens is 288 g/mol. The van der Waals surface area contributed by atoms with Crippen LogP contribution in [0.5, 0.6) is 0 Å². The number of amides is 1. The van der Waals surface area contributed by atoms with E-state index in [2.05, 4.69) is 5.32 Å². The Morgan fingerprint density at radius 3 is 2.18 bits per heavy atom. The summed E-state index contributed by atoms with van der Waals surface area (Å²) >= 11 is 0. The van der Waals surface area contributed by atoms with Crippen LogP contribution in [-0.4, -0.2) is 40.6 Å². The minimum atomic E-state index is -1.20. The zero-order valence-electron chi connectivity index (χ0n) is 14.0. The van der Waals surface area contributed by atoms with Gasteiger partial charge in [0, 0.05) is 6.42 Å². The summed E-state index contributed by atoms with van der Waals surface area (Å²) in [5, 5.41) is 11.5. The normalized spacial score (nSPS) is 14.3. The largest absolute Gasteiger partial charge is 0.480 e. The lowest BCUT2D eigenvalue weighted by atomic mass is 10.0. The van der Waals surface area contributed by atoms with Crippen molar-refractivity contribution in [2.24, 2.45) is 11.7 Å². The minimum absolute atomic E-state index is 0.0373. The summed E-state index contributed by atoms with van der Waals surface area (Å²) in [4.78, 5) is 34.6. The van der Waals surface area contributed by atoms with Crippen molar-refractivity contribution in [1.29, 1.82) is 0 Å². The first-order valence-electron chi connectivity index (χ1n) is 7.43. The summed E-state index contributed by atoms with van der Waals surface area (Å²) < 4.78 is 5.10. The lowest BCUT2D eigenvalue weighted by molar-refractivity contribution is -0.155. The van der Waals surface area contributed by atoms with Crippen LogP contribution in [0, 0.1) is 5.92 Å². The van der Waals surface area contributed by atoms with Gasteiger partial charge >= 0.3 is 11.9 Å². The molecule has 0 saturated heterocycles. The van der Waals surface area contributed by atoms with Gasteiger partial charge in [0.2, 0.25) is 5.91 Å². The minimum Gasteiger partial charge on any atom is -0.480 e. The van der Waals surface area contributed by atoms with Crippen LogP contribution in [-0.2, 0) is 19.1 Å². The van der Waals surface area contributed by atoms with Crippen molar-refractivity contribution < 1.29 is 24.2 Å². The molecule has 0 bridgehead atoms. The van der Waals surface area contributed by atoms with Crippen LogP contribution in [0.4, 0.5) is 0 Å². The third-order valence-corrected chi connectivity index (χ3v) is 2.73. The number of nitrogens with two attached hydrogens (primary N) is 1. The molecule has 0 saturated carbocycles. The Bertz CT molecular complexity index is 401. The van der Waals surface area contributed by atoms with E-state index in [0.717, 1.165) is 0 Å². The predicted octanol–water partition coefficient (Wildman–Crippen LogP) is 1.05. The molecule has 0 spiro atoms. The maximum atomic E-state index is 11.9. The summed E-state index contributed by atoms with van der Waals surface area (Å²) in [7, 11) is 0. The number of rotatable bonds is 8. The lowest BCUT2D eigenvalue weighted by Gasteiger charge is -2.21. The van der Waals surface area contributed by atoms with Crippen LogP contribution in [0.3, 0.4) is 0 Å². The molecule has 0 aliphatic carbocycles. The zero-order valence-corrected chi connectivity index (χ0v) is 14.0. The summed E-state index contributed by atoms with van der Waals surface area (Å²) in [6, 6.07) is -1.92. The van der Waals surface area contributed by atoms with Gasteiger partial charge < -0.3 is 20.9 Å². The van der Waals surface area contributed by atoms with Crippen molar-refractivity contribution in [2.75, 3.05) is 0 Å². The number of hydrogen-bond donors (Lipinski definition) is 3. The van der Waals surface area contributed by atoms with Crippen LogP contribution in [0.1, 0.15) is 53.9 Å². The van der Waals surface area contributed by atoms with Gasteiger partial charge in [0.1, 0.15) is 11.6 Å². The molecular formula is C15H28N2O5. The Kier molecular flexibility index (Phi) is 8.08. The molecule has 0 radical (unpaired) electrons. The van der Waals surface area contributed by atoms with E-state index in [4.69, 9.17) is 15.6 Å². The van der Waals surface area contributed by atoms with E-state index < -0.39 is 35.5 Å². The van der Waals surface area contributed by atoms with E-state index in [1.807, 2.05) is 13.8 Å². The van der Waals surface area contributed by atoms with Gasteiger partial charge in [-0.25, -0.2) is 4.79 Å². The van der Waals surface area contributed by atoms with Gasteiger partial charge in [0.15, 0.2) is 0 Å². The molecule has 0 heterocycles. The van der Waals surface area contributed by atoms with E-state index in [1.165, 1.54) is 0 Å². The number of carboxylic acid groups (broad SMARTS) is 1. The summed E-state index contributed by atoms with van der Waals surface area (Å²) in [6.45, 7) is 9.03. The fourth-order valence-electron chi connectivity index (χ4n) is 1.81. The third kappa shape index (κ3) is 9.33. The van der Waals surface area contributed by atoms with E-state index in [0.29, 0.717) is 6.42 Å². The van der Waals surface area contributed by atoms with Crippen molar-refractivity contribution in [3.8, 4) is 0 Å². The standard InChI is InChI=1S/C15H28N2O5/c1-9(2)8-10(16)13(19)17-11(14(20)21)6-7-12(18)22-15(3,4)5/h9-11H,6-8,16H2,1-5H3,(H,17,19)(H,20,21)/t10-,11-/m0/s1. The maximum absolute atomic E-state index is 11.9. The van der Waals surface area contributed by atoms with Crippen molar-refractivity contribution >= 4 is 17.8 Å². The number of hydrogen-bond acceptors (Lipinski definition) is 5. The first-order chi connectivity index (χ1) is 9.92. The van der Waals surface area contributed by atoms with Gasteiger partial charge in [-0.2, -0.15) is 0 Å². The maximum Gasteiger partial charge on any atom is 0.326 e. The molecule has 22 heavy (non-hydrogen) atoms. The van der Waals surface area contributed by atoms with Gasteiger partial charge in [-0.3, -0.25) is 9.59 Å². The Balaban J connectivity index is 4.47. The molecule has 128 valence electrons. The molecule has 0 rings (SSSR count). The molecule has 2 atom stereocenters. The molecule has 0 aromatic carbocycles. The molecule has 0 fully saturated rings. The number of nitrogens with one attached hydrogen (secondary N) is 1. The first-order valence-corrected chi connectivity index (χ1v) is 7.43. The van der Waals surface area contributed by atoms with Gasteiger partial charge in [-0.15, -0.1) is 0 Å². The first kappa shape index (κ1) is 20.4. The van der Waals surface area contributed by atoms with Crippen molar-refractivity contribution in [2.45, 2.75) is 71.6 Å². The monoisotopic (exact) mass is 316 g/mol. The molecule has 0 unspecified atom stereocenters. The fourth-order valence-corrected chi connectivity index (χ4v) is 1.81. The smallest absolute Gasteiger partial charge is 0.326 e. The Morgan fingerprint density at radius 2 is 1.77 bits per heavy atom. The SMILES string of the molecule is CC(C)C[C@H](N)C(=O)N[C@@H](CCC(=O)OC(C)(C)C)C(=O)O. The lowest BCUT2D eigenvalue weighted by Crippen LogP contribution is -2.49. The molecule has 0 aliphatic heterocycles. The highest BCUT2D eigenvalue weighted by Crippen LogP contribution is 2.10. The number of carboxylic acids is 1. The highest BCUT2D eigenvalue weighted by Gasteiger charge is 2.25. The topological polar surface area (TPSA) is 119 Å². The fraction of sp³-hybridized carbons (Fsp3) is 0.800. The number of ether oxygens (including phenoxy) is 1. The second-order valence-electron chi connectivity index (χ2n) is 6.76. The second-order valence-corrected chi connectivity index (χ2v) is 6.76. The summed E-state index contributed by atoms with van der Waals surface area (Å²) in [5.41, 5.74) is 5.08. The quantitative estimate of drug-likeness (QED) is 0.576. The highest BCUT2D eigenvalue weighted by atomic mass is 16.6.